The summed E-state index contributed by atoms with van der Waals surface area (Å²) in [4.78, 5) is 31.4. The topological polar surface area (TPSA) is 79.7 Å². The highest BCUT2D eigenvalue weighted by Crippen LogP contribution is 2.37. The Labute approximate surface area is 203 Å². The van der Waals surface area contributed by atoms with Gasteiger partial charge in [-0.3, -0.25) is 9.36 Å². The number of aryl methyl sites for hydroxylation is 2. The summed E-state index contributed by atoms with van der Waals surface area (Å²) in [5.41, 5.74) is 2.23. The van der Waals surface area contributed by atoms with Crippen LogP contribution >= 0.6 is 11.3 Å². The number of ether oxygens (including phenoxy) is 3. The quantitative estimate of drug-likeness (QED) is 0.380. The van der Waals surface area contributed by atoms with Gasteiger partial charge in [0.25, 0.3) is 5.56 Å². The van der Waals surface area contributed by atoms with Gasteiger partial charge in [0.1, 0.15) is 33.7 Å². The van der Waals surface area contributed by atoms with E-state index in [9.17, 15) is 14.0 Å². The van der Waals surface area contributed by atoms with E-state index in [2.05, 4.69) is 4.98 Å². The molecule has 7 nitrogen and oxygen atoms in total. The predicted octanol–water partition coefficient (Wildman–Crippen LogP) is 4.82. The first-order valence-electron chi connectivity index (χ1n) is 11.3. The van der Waals surface area contributed by atoms with Gasteiger partial charge in [-0.2, -0.15) is 0 Å². The fourth-order valence-electron chi connectivity index (χ4n) is 4.64. The minimum Gasteiger partial charge on any atom is -0.460 e. The first-order valence-corrected chi connectivity index (χ1v) is 12.2. The number of carbonyl (C=O) groups is 1. The molecule has 0 bridgehead atoms. The van der Waals surface area contributed by atoms with E-state index >= 15 is 0 Å². The van der Waals surface area contributed by atoms with Gasteiger partial charge in [0.2, 0.25) is 6.29 Å². The molecule has 0 radical (unpaired) electrons. The Kier molecular flexibility index (Phi) is 5.38. The number of hydrogen-bond donors (Lipinski definition) is 0. The Hall–Kier alpha value is -3.56. The summed E-state index contributed by atoms with van der Waals surface area (Å²) in [5.74, 6) is 0.149. The number of nitrogens with zero attached hydrogens (tertiary/aromatic N) is 2. The highest BCUT2D eigenvalue weighted by molar-refractivity contribution is 7.20. The van der Waals surface area contributed by atoms with Crippen LogP contribution in [-0.4, -0.2) is 15.5 Å². The minimum atomic E-state index is -0.644. The zero-order valence-corrected chi connectivity index (χ0v) is 19.7. The molecule has 178 valence electrons. The van der Waals surface area contributed by atoms with E-state index in [4.69, 9.17) is 14.2 Å². The Bertz CT molecular complexity index is 1530. The fourth-order valence-corrected chi connectivity index (χ4v) is 5.72. The van der Waals surface area contributed by atoms with Gasteiger partial charge >= 0.3 is 5.97 Å². The average Bonchev–Trinajstić information content (AvgIpc) is 3.47. The summed E-state index contributed by atoms with van der Waals surface area (Å²) in [6.07, 6.45) is 0.999. The van der Waals surface area contributed by atoms with E-state index in [1.807, 2.05) is 30.3 Å². The van der Waals surface area contributed by atoms with Crippen LogP contribution in [0.2, 0.25) is 0 Å². The highest BCUT2D eigenvalue weighted by Gasteiger charge is 2.27. The monoisotopic (exact) mass is 492 g/mol. The molecule has 9 heteroatoms. The highest BCUT2D eigenvalue weighted by atomic mass is 32.1. The van der Waals surface area contributed by atoms with E-state index < -0.39 is 18.1 Å². The van der Waals surface area contributed by atoms with Crippen molar-refractivity contribution in [2.75, 3.05) is 0 Å². The molecule has 0 N–H and O–H groups in total. The summed E-state index contributed by atoms with van der Waals surface area (Å²) < 4.78 is 33.3. The summed E-state index contributed by atoms with van der Waals surface area (Å²) in [6.45, 7) is 2.36. The number of hydrogen-bond acceptors (Lipinski definition) is 7. The Morgan fingerprint density at radius 3 is 2.94 bits per heavy atom. The van der Waals surface area contributed by atoms with E-state index in [0.717, 1.165) is 35.6 Å². The number of carbonyl (C=O) groups excluding carboxylic acids is 1. The number of benzene rings is 2. The van der Waals surface area contributed by atoms with Crippen LogP contribution in [0, 0.1) is 12.7 Å². The Balaban J connectivity index is 1.27. The molecule has 2 aliphatic rings. The SMILES string of the molecule is Cc1c(C(=O)OCc2cc(F)cc3c2OC(c2ccccc2)OC3)sc2nc3n(c(=O)c12)CCC3. The third kappa shape index (κ3) is 3.81. The number of thiophene rings is 1. The lowest BCUT2D eigenvalue weighted by Crippen LogP contribution is -2.20. The van der Waals surface area contributed by atoms with Gasteiger partial charge in [-0.05, 0) is 31.0 Å². The van der Waals surface area contributed by atoms with Crippen LogP contribution in [0.4, 0.5) is 4.39 Å². The first kappa shape index (κ1) is 21.9. The third-order valence-corrected chi connectivity index (χ3v) is 7.52. The molecule has 0 spiro atoms. The average molecular weight is 493 g/mol. The second-order valence-electron chi connectivity index (χ2n) is 8.63. The van der Waals surface area contributed by atoms with E-state index in [0.29, 0.717) is 44.1 Å². The van der Waals surface area contributed by atoms with Crippen molar-refractivity contribution in [3.63, 3.8) is 0 Å². The first-order chi connectivity index (χ1) is 17.0. The Morgan fingerprint density at radius 1 is 1.29 bits per heavy atom. The minimum absolute atomic E-state index is 0.116. The van der Waals surface area contributed by atoms with Crippen LogP contribution in [0.5, 0.6) is 5.75 Å². The zero-order chi connectivity index (χ0) is 24.1. The molecule has 6 rings (SSSR count). The molecule has 35 heavy (non-hydrogen) atoms. The van der Waals surface area contributed by atoms with Gasteiger partial charge in [-0.15, -0.1) is 11.3 Å². The largest absolute Gasteiger partial charge is 0.460 e. The molecule has 2 aliphatic heterocycles. The molecular formula is C26H21FN2O5S. The molecule has 4 aromatic rings. The maximum absolute atomic E-state index is 14.3. The van der Waals surface area contributed by atoms with Gasteiger partial charge in [0, 0.05) is 29.7 Å². The van der Waals surface area contributed by atoms with Crippen LogP contribution in [0.25, 0.3) is 10.2 Å². The van der Waals surface area contributed by atoms with Crippen molar-refractivity contribution in [1.82, 2.24) is 9.55 Å². The summed E-state index contributed by atoms with van der Waals surface area (Å²) in [7, 11) is 0. The maximum Gasteiger partial charge on any atom is 0.349 e. The van der Waals surface area contributed by atoms with Crippen LogP contribution in [0.1, 0.15) is 50.5 Å². The van der Waals surface area contributed by atoms with E-state index in [1.165, 1.54) is 12.1 Å². The molecule has 0 fully saturated rings. The second kappa shape index (κ2) is 8.58. The van der Waals surface area contributed by atoms with Gasteiger partial charge in [-0.1, -0.05) is 30.3 Å². The number of aromatic nitrogens is 2. The van der Waals surface area contributed by atoms with E-state index in [-0.39, 0.29) is 18.8 Å². The second-order valence-corrected chi connectivity index (χ2v) is 9.62. The van der Waals surface area contributed by atoms with Crippen molar-refractivity contribution < 1.29 is 23.4 Å². The third-order valence-electron chi connectivity index (χ3n) is 6.35. The summed E-state index contributed by atoms with van der Waals surface area (Å²) >= 11 is 1.15. The molecule has 0 aliphatic carbocycles. The standard InChI is InChI=1S/C26H21FN2O5S/c1-14-20-23(28-19-8-5-9-29(19)24(20)30)35-22(14)25(31)32-12-16-10-18(27)11-17-13-33-26(34-21(16)17)15-6-3-2-4-7-15/h2-4,6-7,10-11,26H,5,8-9,12-13H2,1H3. The zero-order valence-electron chi connectivity index (χ0n) is 18.9. The molecule has 1 unspecified atom stereocenters. The smallest absolute Gasteiger partial charge is 0.349 e. The molecule has 0 amide bonds. The molecule has 1 atom stereocenters. The molecule has 4 heterocycles. The van der Waals surface area contributed by atoms with Crippen LogP contribution in [0.15, 0.2) is 47.3 Å². The predicted molar refractivity (Wildman–Crippen MR) is 127 cm³/mol. The molecule has 0 saturated heterocycles. The van der Waals surface area contributed by atoms with Gasteiger partial charge in [0.15, 0.2) is 0 Å². The lowest BCUT2D eigenvalue weighted by Gasteiger charge is -2.28. The number of fused-ring (bicyclic) bond motifs is 3. The summed E-state index contributed by atoms with van der Waals surface area (Å²) in [6, 6.07) is 12.1. The van der Waals surface area contributed by atoms with Crippen molar-refractivity contribution in [3.05, 3.63) is 91.6 Å². The van der Waals surface area contributed by atoms with Crippen LogP contribution in [0.3, 0.4) is 0 Å². The number of esters is 1. The van der Waals surface area contributed by atoms with Gasteiger partial charge < -0.3 is 14.2 Å². The van der Waals surface area contributed by atoms with Gasteiger partial charge in [-0.25, -0.2) is 14.2 Å². The molecular weight excluding hydrogens is 471 g/mol. The number of halogens is 1. The lowest BCUT2D eigenvalue weighted by atomic mass is 10.1. The molecule has 0 saturated carbocycles. The van der Waals surface area contributed by atoms with Crippen molar-refractivity contribution in [1.29, 1.82) is 0 Å². The molecule has 2 aromatic carbocycles. The number of rotatable bonds is 4. The van der Waals surface area contributed by atoms with Crippen LogP contribution < -0.4 is 10.3 Å². The lowest BCUT2D eigenvalue weighted by molar-refractivity contribution is -0.112. The van der Waals surface area contributed by atoms with Crippen LogP contribution in [-0.2, 0) is 35.7 Å². The normalized spacial score (nSPS) is 16.6. The van der Waals surface area contributed by atoms with Crippen molar-refractivity contribution >= 4 is 27.5 Å². The summed E-state index contributed by atoms with van der Waals surface area (Å²) in [5, 5.41) is 0.460. The van der Waals surface area contributed by atoms with Crippen molar-refractivity contribution in [2.24, 2.45) is 0 Å². The van der Waals surface area contributed by atoms with E-state index in [1.54, 1.807) is 11.5 Å². The van der Waals surface area contributed by atoms with Crippen molar-refractivity contribution in [2.45, 2.75) is 45.8 Å². The molecule has 2 aromatic heterocycles. The van der Waals surface area contributed by atoms with Crippen molar-refractivity contribution in [3.8, 4) is 5.75 Å². The maximum atomic E-state index is 14.3. The fraction of sp³-hybridized carbons (Fsp3) is 0.269. The van der Waals surface area contributed by atoms with Gasteiger partial charge in [0.05, 0.1) is 12.0 Å². The Morgan fingerprint density at radius 2 is 2.11 bits per heavy atom.